The quantitative estimate of drug-likeness (QED) is 0.528. The van der Waals surface area contributed by atoms with Gasteiger partial charge in [0.05, 0.1) is 28.4 Å². The normalized spacial score (nSPS) is 10.3. The maximum Gasteiger partial charge on any atom is 0.342 e. The summed E-state index contributed by atoms with van der Waals surface area (Å²) in [4.78, 5) is 16.8. The Morgan fingerprint density at radius 2 is 1.66 bits per heavy atom. The van der Waals surface area contributed by atoms with E-state index in [4.69, 9.17) is 28.2 Å². The highest BCUT2D eigenvalue weighted by Crippen LogP contribution is 2.35. The molecule has 0 N–H and O–H groups in total. The largest absolute Gasteiger partial charge is 0.497 e. The van der Waals surface area contributed by atoms with Crippen LogP contribution in [-0.4, -0.2) is 44.5 Å². The molecule has 0 unspecified atom stereocenters. The van der Waals surface area contributed by atoms with E-state index in [0.717, 1.165) is 0 Å². The van der Waals surface area contributed by atoms with Gasteiger partial charge in [0.2, 0.25) is 5.82 Å². The van der Waals surface area contributed by atoms with E-state index in [1.54, 1.807) is 19.2 Å². The van der Waals surface area contributed by atoms with Crippen molar-refractivity contribution in [3.63, 3.8) is 0 Å². The van der Waals surface area contributed by atoms with Gasteiger partial charge in [0, 0.05) is 17.7 Å². The molecule has 0 atom stereocenters. The third-order valence-electron chi connectivity index (χ3n) is 4.05. The van der Waals surface area contributed by atoms with Crippen LogP contribution in [0.3, 0.4) is 0 Å². The first-order valence-corrected chi connectivity index (χ1v) is 8.53. The first kappa shape index (κ1) is 20.0. The van der Waals surface area contributed by atoms with Gasteiger partial charge in [0.15, 0.2) is 18.1 Å². The SMILES string of the molecule is COc1cccc(-c2noc(COC(=O)c3cc(OC)c(OC)cc3OC)n2)c1. The number of nitrogens with zero attached hydrogens (tertiary/aromatic N) is 2. The van der Waals surface area contributed by atoms with Crippen LogP contribution in [-0.2, 0) is 11.3 Å². The van der Waals surface area contributed by atoms with Gasteiger partial charge >= 0.3 is 5.97 Å². The number of esters is 1. The Bertz CT molecular complexity index is 1000. The predicted octanol–water partition coefficient (Wildman–Crippen LogP) is 3.13. The van der Waals surface area contributed by atoms with Gasteiger partial charge in [-0.2, -0.15) is 4.98 Å². The van der Waals surface area contributed by atoms with Gasteiger partial charge in [-0.3, -0.25) is 0 Å². The summed E-state index contributed by atoms with van der Waals surface area (Å²) in [6, 6.07) is 10.2. The van der Waals surface area contributed by atoms with Gasteiger partial charge in [-0.15, -0.1) is 0 Å². The molecule has 9 nitrogen and oxygen atoms in total. The molecule has 0 saturated heterocycles. The van der Waals surface area contributed by atoms with Crippen molar-refractivity contribution in [1.82, 2.24) is 10.1 Å². The highest BCUT2D eigenvalue weighted by molar-refractivity contribution is 5.93. The fourth-order valence-electron chi connectivity index (χ4n) is 2.59. The van der Waals surface area contributed by atoms with E-state index in [2.05, 4.69) is 10.1 Å². The van der Waals surface area contributed by atoms with Crippen LogP contribution < -0.4 is 18.9 Å². The average molecular weight is 400 g/mol. The van der Waals surface area contributed by atoms with E-state index in [1.807, 2.05) is 18.2 Å². The zero-order valence-electron chi connectivity index (χ0n) is 16.4. The molecule has 2 aromatic carbocycles. The highest BCUT2D eigenvalue weighted by Gasteiger charge is 2.20. The Kier molecular flexibility index (Phi) is 6.18. The molecule has 0 radical (unpaired) electrons. The summed E-state index contributed by atoms with van der Waals surface area (Å²) >= 11 is 0. The molecule has 152 valence electrons. The Morgan fingerprint density at radius 1 is 0.931 bits per heavy atom. The lowest BCUT2D eigenvalue weighted by Crippen LogP contribution is -2.08. The topological polar surface area (TPSA) is 102 Å². The third kappa shape index (κ3) is 4.40. The first-order chi connectivity index (χ1) is 14.1. The molecule has 0 fully saturated rings. The molecule has 0 aliphatic rings. The second-order valence-corrected chi connectivity index (χ2v) is 5.73. The summed E-state index contributed by atoms with van der Waals surface area (Å²) in [7, 11) is 5.97. The van der Waals surface area contributed by atoms with Crippen molar-refractivity contribution in [3.8, 4) is 34.4 Å². The number of carbonyl (C=O) groups excluding carboxylic acids is 1. The number of ether oxygens (including phenoxy) is 5. The van der Waals surface area contributed by atoms with E-state index in [9.17, 15) is 4.79 Å². The number of rotatable bonds is 8. The maximum absolute atomic E-state index is 12.5. The summed E-state index contributed by atoms with van der Waals surface area (Å²) in [6.07, 6.45) is 0. The molecule has 3 aromatic rings. The van der Waals surface area contributed by atoms with Gasteiger partial charge in [-0.1, -0.05) is 17.3 Å². The fraction of sp³-hybridized carbons (Fsp3) is 0.250. The zero-order valence-corrected chi connectivity index (χ0v) is 16.4. The summed E-state index contributed by atoms with van der Waals surface area (Å²) in [5, 5.41) is 3.90. The van der Waals surface area contributed by atoms with Gasteiger partial charge in [0.1, 0.15) is 17.1 Å². The molecule has 9 heteroatoms. The maximum atomic E-state index is 12.5. The van der Waals surface area contributed by atoms with E-state index in [-0.39, 0.29) is 23.8 Å². The molecule has 0 saturated carbocycles. The number of methoxy groups -OCH3 is 4. The monoisotopic (exact) mass is 400 g/mol. The summed E-state index contributed by atoms with van der Waals surface area (Å²) in [5.74, 6) is 1.63. The van der Waals surface area contributed by atoms with Gasteiger partial charge in [-0.25, -0.2) is 4.79 Å². The molecule has 0 bridgehead atoms. The van der Waals surface area contributed by atoms with Crippen molar-refractivity contribution in [1.29, 1.82) is 0 Å². The minimum atomic E-state index is -0.635. The van der Waals surface area contributed by atoms with Crippen LogP contribution >= 0.6 is 0 Å². The first-order valence-electron chi connectivity index (χ1n) is 8.53. The molecule has 0 aliphatic heterocycles. The van der Waals surface area contributed by atoms with Crippen molar-refractivity contribution in [2.75, 3.05) is 28.4 Å². The summed E-state index contributed by atoms with van der Waals surface area (Å²) in [5.41, 5.74) is 0.893. The van der Waals surface area contributed by atoms with Crippen molar-refractivity contribution in [3.05, 3.63) is 47.9 Å². The molecular weight excluding hydrogens is 380 g/mol. The molecule has 3 rings (SSSR count). The number of aromatic nitrogens is 2. The number of hydrogen-bond donors (Lipinski definition) is 0. The van der Waals surface area contributed by atoms with Crippen LogP contribution in [0.15, 0.2) is 40.9 Å². The van der Waals surface area contributed by atoms with Crippen LogP contribution in [0.25, 0.3) is 11.4 Å². The highest BCUT2D eigenvalue weighted by atomic mass is 16.6. The van der Waals surface area contributed by atoms with Crippen molar-refractivity contribution < 1.29 is 33.0 Å². The Balaban J connectivity index is 1.74. The molecule has 0 spiro atoms. The number of hydrogen-bond acceptors (Lipinski definition) is 9. The Morgan fingerprint density at radius 3 is 2.34 bits per heavy atom. The van der Waals surface area contributed by atoms with Crippen LogP contribution in [0.1, 0.15) is 16.2 Å². The standard InChI is InChI=1S/C20H20N2O7/c1-24-13-7-5-6-12(8-13)19-21-18(29-22-19)11-28-20(23)14-9-16(26-3)17(27-4)10-15(14)25-2/h5-10H,11H2,1-4H3. The molecular formula is C20H20N2O7. The van der Waals surface area contributed by atoms with Crippen LogP contribution in [0, 0.1) is 0 Å². The van der Waals surface area contributed by atoms with Gasteiger partial charge < -0.3 is 28.2 Å². The summed E-state index contributed by atoms with van der Waals surface area (Å²) in [6.45, 7) is -0.201. The van der Waals surface area contributed by atoms with Crippen molar-refractivity contribution in [2.45, 2.75) is 6.61 Å². The van der Waals surface area contributed by atoms with Crippen molar-refractivity contribution >= 4 is 5.97 Å². The second-order valence-electron chi connectivity index (χ2n) is 5.73. The van der Waals surface area contributed by atoms with Crippen molar-refractivity contribution in [2.24, 2.45) is 0 Å². The van der Waals surface area contributed by atoms with Gasteiger partial charge in [-0.05, 0) is 12.1 Å². The number of carbonyl (C=O) groups is 1. The van der Waals surface area contributed by atoms with E-state index in [0.29, 0.717) is 28.6 Å². The summed E-state index contributed by atoms with van der Waals surface area (Å²) < 4.78 is 31.3. The fourth-order valence-corrected chi connectivity index (χ4v) is 2.59. The minimum Gasteiger partial charge on any atom is -0.497 e. The second kappa shape index (κ2) is 8.96. The van der Waals surface area contributed by atoms with E-state index >= 15 is 0 Å². The smallest absolute Gasteiger partial charge is 0.342 e. The van der Waals surface area contributed by atoms with Crippen LogP contribution in [0.4, 0.5) is 0 Å². The lowest BCUT2D eigenvalue weighted by Gasteiger charge is -2.13. The lowest BCUT2D eigenvalue weighted by molar-refractivity contribution is 0.0425. The Hall–Kier alpha value is -3.75. The lowest BCUT2D eigenvalue weighted by atomic mass is 10.1. The number of benzene rings is 2. The Labute approximate surface area is 167 Å². The van der Waals surface area contributed by atoms with Crippen LogP contribution in [0.5, 0.6) is 23.0 Å². The zero-order chi connectivity index (χ0) is 20.8. The van der Waals surface area contributed by atoms with E-state index in [1.165, 1.54) is 27.4 Å². The average Bonchev–Trinajstić information content (AvgIpc) is 3.25. The molecule has 1 heterocycles. The molecule has 0 amide bonds. The van der Waals surface area contributed by atoms with Crippen LogP contribution in [0.2, 0.25) is 0 Å². The molecule has 29 heavy (non-hydrogen) atoms. The molecule has 0 aliphatic carbocycles. The predicted molar refractivity (Wildman–Crippen MR) is 102 cm³/mol. The van der Waals surface area contributed by atoms with Gasteiger partial charge in [0.25, 0.3) is 5.89 Å². The molecule has 1 aromatic heterocycles. The minimum absolute atomic E-state index is 0.149. The van der Waals surface area contributed by atoms with E-state index < -0.39 is 5.97 Å². The third-order valence-corrected chi connectivity index (χ3v) is 4.05.